The van der Waals surface area contributed by atoms with Gasteiger partial charge in [-0.25, -0.2) is 0 Å². The lowest BCUT2D eigenvalue weighted by atomic mass is 9.90. The van der Waals surface area contributed by atoms with E-state index in [0.717, 1.165) is 19.4 Å². The molecule has 0 aromatic carbocycles. The molecule has 1 saturated heterocycles. The van der Waals surface area contributed by atoms with Crippen LogP contribution in [0, 0.1) is 0 Å². The molecule has 0 aromatic rings. The van der Waals surface area contributed by atoms with Gasteiger partial charge in [-0.2, -0.15) is 0 Å². The van der Waals surface area contributed by atoms with Gasteiger partial charge in [0.05, 0.1) is 25.8 Å². The Hall–Kier alpha value is -0.380. The Balaban J connectivity index is 2.17. The Morgan fingerprint density at radius 2 is 2.14 bits per heavy atom. The lowest BCUT2D eigenvalue weighted by Gasteiger charge is -2.40. The van der Waals surface area contributed by atoms with Crippen LogP contribution in [0.2, 0.25) is 0 Å². The summed E-state index contributed by atoms with van der Waals surface area (Å²) >= 11 is 0. The highest BCUT2D eigenvalue weighted by Gasteiger charge is 2.50. The molecule has 2 aliphatic rings. The molecule has 2 bridgehead atoms. The van der Waals surface area contributed by atoms with E-state index in [1.54, 1.807) is 0 Å². The molecule has 0 aromatic heterocycles. The molecule has 2 heterocycles. The minimum atomic E-state index is -0.229. The average molecular weight is 198 g/mol. The Bertz CT molecular complexity index is 260. The van der Waals surface area contributed by atoms with Gasteiger partial charge in [0.15, 0.2) is 0 Å². The van der Waals surface area contributed by atoms with Gasteiger partial charge in [0.1, 0.15) is 12.1 Å². The van der Waals surface area contributed by atoms with Gasteiger partial charge >= 0.3 is 0 Å². The Morgan fingerprint density at radius 1 is 1.43 bits per heavy atom. The molecule has 80 valence electrons. The van der Waals surface area contributed by atoms with Crippen molar-refractivity contribution in [2.24, 2.45) is 0 Å². The molecule has 0 amide bonds. The number of nitrogens with one attached hydrogen (secondary N) is 1. The number of rotatable bonds is 2. The number of likely N-dealkylation sites (N-methyl/N-ethyl adjacent to an activating group) is 1. The molecule has 2 aliphatic heterocycles. The molecule has 3 atom stereocenters. The average Bonchev–Trinajstić information content (AvgIpc) is 2.19. The molecule has 1 fully saturated rings. The summed E-state index contributed by atoms with van der Waals surface area (Å²) in [6.07, 6.45) is 5.52. The van der Waals surface area contributed by atoms with Crippen molar-refractivity contribution in [1.29, 1.82) is 0 Å². The highest BCUT2D eigenvalue weighted by atomic mass is 16.5. The highest BCUT2D eigenvalue weighted by Crippen LogP contribution is 2.42. The smallest absolute Gasteiger partial charge is 0.138 e. The zero-order chi connectivity index (χ0) is 10.4. The second-order valence-corrected chi connectivity index (χ2v) is 5.26. The molecular weight excluding hydrogens is 178 g/mol. The van der Waals surface area contributed by atoms with Gasteiger partial charge in [0.25, 0.3) is 0 Å². The molecule has 0 radical (unpaired) electrons. The number of aliphatic hydroxyl groups is 1. The fourth-order valence-corrected chi connectivity index (χ4v) is 2.78. The summed E-state index contributed by atoms with van der Waals surface area (Å²) in [7, 11) is 4.23. The molecule has 0 aliphatic carbocycles. The molecule has 2 rings (SSSR count). The van der Waals surface area contributed by atoms with Crippen molar-refractivity contribution in [1.82, 2.24) is 0 Å². The van der Waals surface area contributed by atoms with Crippen LogP contribution in [0.15, 0.2) is 12.2 Å². The number of quaternary nitrogens is 1. The fourth-order valence-electron chi connectivity index (χ4n) is 2.78. The quantitative estimate of drug-likeness (QED) is 0.579. The third kappa shape index (κ3) is 1.72. The van der Waals surface area contributed by atoms with E-state index in [4.69, 9.17) is 4.74 Å². The first-order valence-electron chi connectivity index (χ1n) is 5.31. The summed E-state index contributed by atoms with van der Waals surface area (Å²) in [6, 6.07) is 0. The van der Waals surface area contributed by atoms with Gasteiger partial charge in [-0.3, -0.25) is 0 Å². The molecule has 0 unspecified atom stereocenters. The Morgan fingerprint density at radius 3 is 2.79 bits per heavy atom. The number of hydrogen-bond acceptors (Lipinski definition) is 2. The van der Waals surface area contributed by atoms with E-state index < -0.39 is 0 Å². The molecule has 0 saturated carbocycles. The number of ether oxygens (including phenoxy) is 1. The van der Waals surface area contributed by atoms with Crippen molar-refractivity contribution in [2.45, 2.75) is 37.1 Å². The van der Waals surface area contributed by atoms with Gasteiger partial charge in [0.2, 0.25) is 0 Å². The predicted octanol–water partition coefficient (Wildman–Crippen LogP) is -0.630. The third-order valence-corrected chi connectivity index (χ3v) is 3.05. The fraction of sp³-hybridized carbons (Fsp3) is 0.818. The first-order valence-corrected chi connectivity index (χ1v) is 5.31. The normalized spacial score (nSPS) is 46.2. The third-order valence-electron chi connectivity index (χ3n) is 3.05. The van der Waals surface area contributed by atoms with E-state index in [0.29, 0.717) is 0 Å². The summed E-state index contributed by atoms with van der Waals surface area (Å²) < 4.78 is 6.06. The van der Waals surface area contributed by atoms with Crippen LogP contribution in [-0.4, -0.2) is 43.1 Å². The van der Waals surface area contributed by atoms with Crippen LogP contribution in [0.5, 0.6) is 0 Å². The van der Waals surface area contributed by atoms with Crippen LogP contribution in [-0.2, 0) is 4.74 Å². The van der Waals surface area contributed by atoms with Gasteiger partial charge in [-0.15, -0.1) is 0 Å². The number of fused-ring (bicyclic) bond motifs is 2. The molecule has 14 heavy (non-hydrogen) atoms. The lowest BCUT2D eigenvalue weighted by molar-refractivity contribution is -0.865. The van der Waals surface area contributed by atoms with Crippen LogP contribution in [0.25, 0.3) is 0 Å². The van der Waals surface area contributed by atoms with E-state index in [1.165, 1.54) is 4.90 Å². The van der Waals surface area contributed by atoms with Crippen LogP contribution in [0.1, 0.15) is 19.8 Å². The van der Waals surface area contributed by atoms with Crippen molar-refractivity contribution in [3.63, 3.8) is 0 Å². The molecule has 2 N–H and O–H groups in total. The number of aliphatic hydroxyl groups excluding tert-OH is 1. The maximum absolute atomic E-state index is 9.80. The Kier molecular flexibility index (Phi) is 2.21. The SMILES string of the molecule is C[NH+](C)C[C@]12C=C[C@](C)(C[C@H](O)C1)O2. The van der Waals surface area contributed by atoms with Gasteiger partial charge in [-0.05, 0) is 13.0 Å². The van der Waals surface area contributed by atoms with Crippen molar-refractivity contribution in [3.05, 3.63) is 12.2 Å². The van der Waals surface area contributed by atoms with Gasteiger partial charge in [0, 0.05) is 12.8 Å². The second kappa shape index (κ2) is 3.05. The maximum Gasteiger partial charge on any atom is 0.138 e. The summed E-state index contributed by atoms with van der Waals surface area (Å²) in [5, 5.41) is 9.80. The molecule has 3 heteroatoms. The lowest BCUT2D eigenvalue weighted by Crippen LogP contribution is -3.08. The monoisotopic (exact) mass is 198 g/mol. The standard InChI is InChI=1S/C11H19NO2/c1-10-4-5-11(14-10,8-12(2)3)7-9(13)6-10/h4-5,9,13H,6-8H2,1-3H3/p+1/t9-,10+,11-/m0/s1. The predicted molar refractivity (Wildman–Crippen MR) is 54.3 cm³/mol. The van der Waals surface area contributed by atoms with Crippen molar-refractivity contribution in [2.75, 3.05) is 20.6 Å². The summed E-state index contributed by atoms with van der Waals surface area (Å²) in [5.41, 5.74) is -0.446. The van der Waals surface area contributed by atoms with E-state index in [2.05, 4.69) is 33.2 Å². The van der Waals surface area contributed by atoms with Gasteiger partial charge in [-0.1, -0.05) is 6.08 Å². The minimum Gasteiger partial charge on any atom is -0.393 e. The van der Waals surface area contributed by atoms with Crippen LogP contribution < -0.4 is 4.90 Å². The van der Waals surface area contributed by atoms with E-state index >= 15 is 0 Å². The molecule has 0 spiro atoms. The minimum absolute atomic E-state index is 0.217. The summed E-state index contributed by atoms with van der Waals surface area (Å²) in [6.45, 7) is 2.98. The summed E-state index contributed by atoms with van der Waals surface area (Å²) in [4.78, 5) is 1.35. The van der Waals surface area contributed by atoms with E-state index in [9.17, 15) is 5.11 Å². The van der Waals surface area contributed by atoms with Gasteiger partial charge < -0.3 is 14.7 Å². The van der Waals surface area contributed by atoms with Crippen molar-refractivity contribution < 1.29 is 14.7 Å². The zero-order valence-electron chi connectivity index (χ0n) is 9.21. The summed E-state index contributed by atoms with van der Waals surface area (Å²) in [5.74, 6) is 0. The van der Waals surface area contributed by atoms with Crippen LogP contribution >= 0.6 is 0 Å². The van der Waals surface area contributed by atoms with E-state index in [-0.39, 0.29) is 17.3 Å². The Labute approximate surface area is 85.4 Å². The largest absolute Gasteiger partial charge is 0.393 e. The highest BCUT2D eigenvalue weighted by molar-refractivity contribution is 5.21. The first-order chi connectivity index (χ1) is 6.43. The van der Waals surface area contributed by atoms with Crippen molar-refractivity contribution in [3.8, 4) is 0 Å². The molecule has 3 nitrogen and oxygen atoms in total. The first kappa shape index (κ1) is 10.1. The number of hydrogen-bond donors (Lipinski definition) is 2. The zero-order valence-corrected chi connectivity index (χ0v) is 9.21. The van der Waals surface area contributed by atoms with E-state index in [1.807, 2.05) is 0 Å². The van der Waals surface area contributed by atoms with Crippen LogP contribution in [0.4, 0.5) is 0 Å². The second-order valence-electron chi connectivity index (χ2n) is 5.26. The van der Waals surface area contributed by atoms with Crippen LogP contribution in [0.3, 0.4) is 0 Å². The van der Waals surface area contributed by atoms with Crippen molar-refractivity contribution >= 4 is 0 Å². The maximum atomic E-state index is 9.80. The topological polar surface area (TPSA) is 33.9 Å². The molecular formula is C11H20NO2+.